The Balaban J connectivity index is 1.54. The molecule has 2 heterocycles. The van der Waals surface area contributed by atoms with Gasteiger partial charge < -0.3 is 15.3 Å². The summed E-state index contributed by atoms with van der Waals surface area (Å²) in [4.78, 5) is 0. The van der Waals surface area contributed by atoms with Crippen molar-refractivity contribution in [3.8, 4) is 17.1 Å². The summed E-state index contributed by atoms with van der Waals surface area (Å²) in [6.45, 7) is 7.01. The van der Waals surface area contributed by atoms with Crippen LogP contribution in [0.15, 0.2) is 41.6 Å². The molecule has 29 heavy (non-hydrogen) atoms. The predicted octanol–water partition coefficient (Wildman–Crippen LogP) is 4.25. The Morgan fingerprint density at radius 1 is 1.17 bits per heavy atom. The second kappa shape index (κ2) is 7.68. The van der Waals surface area contributed by atoms with Gasteiger partial charge in [-0.15, -0.1) is 10.2 Å². The maximum absolute atomic E-state index is 13.9. The van der Waals surface area contributed by atoms with E-state index in [1.54, 1.807) is 0 Å². The molecular weight excluding hydrogens is 391 g/mol. The number of hydrogen-bond donors (Lipinski definition) is 1. The summed E-state index contributed by atoms with van der Waals surface area (Å²) in [6.07, 6.45) is 0. The quantitative estimate of drug-likeness (QED) is 0.508. The fraction of sp³-hybridized carbons (Fsp3) is 0.333. The highest BCUT2D eigenvalue weighted by Gasteiger charge is 2.19. The molecule has 0 fully saturated rings. The van der Waals surface area contributed by atoms with Gasteiger partial charge in [0, 0.05) is 22.4 Å². The fourth-order valence-electron chi connectivity index (χ4n) is 3.20. The molecule has 1 aliphatic rings. The summed E-state index contributed by atoms with van der Waals surface area (Å²) < 4.78 is 26.2. The van der Waals surface area contributed by atoms with E-state index >= 15 is 0 Å². The van der Waals surface area contributed by atoms with Crippen LogP contribution in [-0.4, -0.2) is 21.7 Å². The van der Waals surface area contributed by atoms with Gasteiger partial charge in [0.2, 0.25) is 5.16 Å². The van der Waals surface area contributed by atoms with Crippen molar-refractivity contribution in [1.82, 2.24) is 14.9 Å². The summed E-state index contributed by atoms with van der Waals surface area (Å²) in [5.41, 5.74) is 3.66. The Hall–Kier alpha value is -2.58. The average Bonchev–Trinajstić information content (AvgIpc) is 3.06. The molecule has 0 saturated heterocycles. The molecule has 8 heteroatoms. The van der Waals surface area contributed by atoms with Gasteiger partial charge in [-0.05, 0) is 23.1 Å². The Bertz CT molecular complexity index is 1030. The first kappa shape index (κ1) is 19.7. The molecule has 6 nitrogen and oxygen atoms in total. The van der Waals surface area contributed by atoms with Crippen LogP contribution in [-0.2, 0) is 22.5 Å². The SMILES string of the molecule is CC(C)(C)c1ccc(-c2nnc(SCc3cc(F)cc4c3OCOC4)n2N)cc1. The number of thioether (sulfide) groups is 1. The molecular formula is C21H23FN4O2S. The molecule has 0 aliphatic carbocycles. The van der Waals surface area contributed by atoms with Gasteiger partial charge in [-0.2, -0.15) is 0 Å². The molecule has 0 bridgehead atoms. The number of fused-ring (bicyclic) bond motifs is 1. The van der Waals surface area contributed by atoms with Gasteiger partial charge in [0.15, 0.2) is 12.6 Å². The van der Waals surface area contributed by atoms with Crippen molar-refractivity contribution >= 4 is 11.8 Å². The zero-order valence-corrected chi connectivity index (χ0v) is 17.4. The van der Waals surface area contributed by atoms with Crippen LogP contribution in [0.5, 0.6) is 5.75 Å². The summed E-state index contributed by atoms with van der Waals surface area (Å²) >= 11 is 1.38. The number of nitrogen functional groups attached to an aromatic ring is 1. The molecule has 0 saturated carbocycles. The van der Waals surface area contributed by atoms with Crippen molar-refractivity contribution in [3.63, 3.8) is 0 Å². The van der Waals surface area contributed by atoms with Crippen LogP contribution < -0.4 is 10.6 Å². The van der Waals surface area contributed by atoms with Crippen LogP contribution in [0.2, 0.25) is 0 Å². The second-order valence-electron chi connectivity index (χ2n) is 7.96. The van der Waals surface area contributed by atoms with Crippen molar-refractivity contribution in [1.29, 1.82) is 0 Å². The molecule has 0 atom stereocenters. The number of ether oxygens (including phenoxy) is 2. The zero-order valence-electron chi connectivity index (χ0n) is 16.6. The molecule has 1 aromatic heterocycles. The number of halogens is 1. The number of aromatic nitrogens is 3. The minimum absolute atomic E-state index is 0.0765. The topological polar surface area (TPSA) is 75.2 Å². The standard InChI is InChI=1S/C21H23FN4O2S/c1-21(2,3)16-6-4-13(5-7-16)19-24-25-20(26(19)23)29-11-15-9-17(22)8-14-10-27-12-28-18(14)15/h4-9H,10-12,23H2,1-3H3. The highest BCUT2D eigenvalue weighted by molar-refractivity contribution is 7.98. The Labute approximate surface area is 173 Å². The van der Waals surface area contributed by atoms with Gasteiger partial charge in [-0.25, -0.2) is 9.07 Å². The number of benzene rings is 2. The largest absolute Gasteiger partial charge is 0.467 e. The third-order valence-electron chi connectivity index (χ3n) is 4.78. The van der Waals surface area contributed by atoms with E-state index < -0.39 is 0 Å². The van der Waals surface area contributed by atoms with E-state index in [2.05, 4.69) is 43.1 Å². The molecule has 1 aliphatic heterocycles. The summed E-state index contributed by atoms with van der Waals surface area (Å²) in [5, 5.41) is 8.99. The monoisotopic (exact) mass is 414 g/mol. The van der Waals surface area contributed by atoms with Gasteiger partial charge >= 0.3 is 0 Å². The van der Waals surface area contributed by atoms with Crippen LogP contribution in [0.4, 0.5) is 4.39 Å². The highest BCUT2D eigenvalue weighted by Crippen LogP contribution is 2.34. The predicted molar refractivity (Wildman–Crippen MR) is 111 cm³/mol. The van der Waals surface area contributed by atoms with Crippen molar-refractivity contribution in [2.24, 2.45) is 0 Å². The lowest BCUT2D eigenvalue weighted by Crippen LogP contribution is -2.14. The highest BCUT2D eigenvalue weighted by atomic mass is 32.2. The van der Waals surface area contributed by atoms with Gasteiger partial charge in [-0.1, -0.05) is 56.8 Å². The van der Waals surface area contributed by atoms with Crippen molar-refractivity contribution in [2.45, 2.75) is 43.7 Å². The first-order chi connectivity index (χ1) is 13.8. The van der Waals surface area contributed by atoms with E-state index in [0.29, 0.717) is 34.7 Å². The molecule has 0 unspecified atom stereocenters. The number of nitrogens with two attached hydrogens (primary N) is 1. The smallest absolute Gasteiger partial charge is 0.210 e. The van der Waals surface area contributed by atoms with Gasteiger partial charge in [0.1, 0.15) is 11.6 Å². The van der Waals surface area contributed by atoms with Crippen LogP contribution in [0, 0.1) is 5.82 Å². The molecule has 4 rings (SSSR count). The lowest BCUT2D eigenvalue weighted by Gasteiger charge is -2.20. The van der Waals surface area contributed by atoms with E-state index in [1.807, 2.05) is 12.1 Å². The van der Waals surface area contributed by atoms with E-state index in [-0.39, 0.29) is 18.0 Å². The lowest BCUT2D eigenvalue weighted by atomic mass is 9.87. The molecule has 0 amide bonds. The van der Waals surface area contributed by atoms with E-state index in [0.717, 1.165) is 11.1 Å². The number of nitrogens with zero attached hydrogens (tertiary/aromatic N) is 3. The Kier molecular flexibility index (Phi) is 5.23. The molecule has 2 aromatic carbocycles. The summed E-state index contributed by atoms with van der Waals surface area (Å²) in [7, 11) is 0. The van der Waals surface area contributed by atoms with Gasteiger partial charge in [-0.3, -0.25) is 0 Å². The normalized spacial score (nSPS) is 13.8. The number of rotatable bonds is 4. The lowest BCUT2D eigenvalue weighted by molar-refractivity contribution is -0.0171. The first-order valence-electron chi connectivity index (χ1n) is 9.29. The van der Waals surface area contributed by atoms with Gasteiger partial charge in [0.25, 0.3) is 0 Å². The molecule has 152 valence electrons. The molecule has 3 aromatic rings. The Morgan fingerprint density at radius 3 is 2.66 bits per heavy atom. The second-order valence-corrected chi connectivity index (χ2v) is 8.90. The van der Waals surface area contributed by atoms with Crippen LogP contribution >= 0.6 is 11.8 Å². The van der Waals surface area contributed by atoms with E-state index in [4.69, 9.17) is 15.3 Å². The third kappa shape index (κ3) is 4.09. The van der Waals surface area contributed by atoms with Crippen LogP contribution in [0.3, 0.4) is 0 Å². The molecule has 0 radical (unpaired) electrons. The third-order valence-corrected chi connectivity index (χ3v) is 5.77. The summed E-state index contributed by atoms with van der Waals surface area (Å²) in [6, 6.07) is 11.1. The maximum atomic E-state index is 13.9. The maximum Gasteiger partial charge on any atom is 0.210 e. The first-order valence-corrected chi connectivity index (χ1v) is 10.3. The summed E-state index contributed by atoms with van der Waals surface area (Å²) in [5.74, 6) is 7.63. The van der Waals surface area contributed by atoms with Crippen molar-refractivity contribution < 1.29 is 13.9 Å². The fourth-order valence-corrected chi connectivity index (χ4v) is 4.02. The molecule has 0 spiro atoms. The van der Waals surface area contributed by atoms with E-state index in [9.17, 15) is 4.39 Å². The van der Waals surface area contributed by atoms with Crippen molar-refractivity contribution in [2.75, 3.05) is 12.6 Å². The minimum Gasteiger partial charge on any atom is -0.467 e. The average molecular weight is 415 g/mol. The Morgan fingerprint density at radius 2 is 1.93 bits per heavy atom. The minimum atomic E-state index is -0.317. The van der Waals surface area contributed by atoms with Crippen molar-refractivity contribution in [3.05, 3.63) is 58.9 Å². The van der Waals surface area contributed by atoms with Crippen LogP contribution in [0.1, 0.15) is 37.5 Å². The van der Waals surface area contributed by atoms with Gasteiger partial charge in [0.05, 0.1) is 6.61 Å². The number of hydrogen-bond acceptors (Lipinski definition) is 6. The molecule has 2 N–H and O–H groups in total. The van der Waals surface area contributed by atoms with E-state index in [1.165, 1.54) is 34.1 Å². The van der Waals surface area contributed by atoms with Crippen LogP contribution in [0.25, 0.3) is 11.4 Å². The zero-order chi connectivity index (χ0) is 20.6.